The van der Waals surface area contributed by atoms with E-state index >= 15 is 0 Å². The molecule has 2 aromatic rings. The largest absolute Gasteiger partial charge is 0.475 e. The summed E-state index contributed by atoms with van der Waals surface area (Å²) in [6.45, 7) is 1.86. The molecule has 1 N–H and O–H groups in total. The second kappa shape index (κ2) is 5.09. The third-order valence-corrected chi connectivity index (χ3v) is 3.69. The number of carbonyl (C=O) groups is 2. The van der Waals surface area contributed by atoms with Crippen molar-refractivity contribution in [3.8, 4) is 0 Å². The van der Waals surface area contributed by atoms with E-state index in [1.165, 1.54) is 0 Å². The number of furan rings is 1. The maximum absolute atomic E-state index is 11.3. The summed E-state index contributed by atoms with van der Waals surface area (Å²) in [6, 6.07) is 7.33. The topological polar surface area (TPSA) is 70.8 Å². The predicted octanol–water partition coefficient (Wildman–Crippen LogP) is 2.30. The average molecular weight is 273 g/mol. The Labute approximate surface area is 115 Å². The molecular weight excluding hydrogens is 258 g/mol. The number of carboxylic acids is 1. The third kappa shape index (κ3) is 2.32. The summed E-state index contributed by atoms with van der Waals surface area (Å²) < 4.78 is 5.43. The molecule has 0 spiro atoms. The Morgan fingerprint density at radius 3 is 2.65 bits per heavy atom. The molecule has 1 aromatic carbocycles. The highest BCUT2D eigenvalue weighted by Gasteiger charge is 2.23. The van der Waals surface area contributed by atoms with Gasteiger partial charge in [-0.3, -0.25) is 9.69 Å². The SMILES string of the molecule is O=C1CCN(Cc2c(C(=O)O)oc3ccccc23)CC1. The highest BCUT2D eigenvalue weighted by Crippen LogP contribution is 2.27. The van der Waals surface area contributed by atoms with E-state index in [9.17, 15) is 14.7 Å². The number of aromatic carboxylic acids is 1. The molecular formula is C15H15NO4. The van der Waals surface area contributed by atoms with Crippen molar-refractivity contribution in [2.45, 2.75) is 19.4 Å². The number of piperidine rings is 1. The molecule has 104 valence electrons. The molecule has 3 rings (SSSR count). The van der Waals surface area contributed by atoms with Crippen molar-refractivity contribution in [3.63, 3.8) is 0 Å². The second-order valence-corrected chi connectivity index (χ2v) is 5.03. The molecule has 1 saturated heterocycles. The molecule has 0 unspecified atom stereocenters. The minimum absolute atomic E-state index is 0.00287. The van der Waals surface area contributed by atoms with E-state index in [0.717, 1.165) is 5.39 Å². The molecule has 1 fully saturated rings. The number of rotatable bonds is 3. The molecule has 1 aliphatic heterocycles. The van der Waals surface area contributed by atoms with Crippen molar-refractivity contribution >= 4 is 22.7 Å². The number of ketones is 1. The van der Waals surface area contributed by atoms with Crippen LogP contribution in [0, 0.1) is 0 Å². The van der Waals surface area contributed by atoms with Gasteiger partial charge in [-0.15, -0.1) is 0 Å². The first-order chi connectivity index (χ1) is 9.65. The van der Waals surface area contributed by atoms with Crippen LogP contribution in [-0.2, 0) is 11.3 Å². The fraction of sp³-hybridized carbons (Fsp3) is 0.333. The van der Waals surface area contributed by atoms with Crippen LogP contribution in [0.4, 0.5) is 0 Å². The van der Waals surface area contributed by atoms with Crippen LogP contribution in [0.15, 0.2) is 28.7 Å². The van der Waals surface area contributed by atoms with Crippen LogP contribution < -0.4 is 0 Å². The maximum atomic E-state index is 11.3. The van der Waals surface area contributed by atoms with Gasteiger partial charge in [0.05, 0.1) is 0 Å². The third-order valence-electron chi connectivity index (χ3n) is 3.69. The van der Waals surface area contributed by atoms with Crippen LogP contribution in [0.1, 0.15) is 29.0 Å². The summed E-state index contributed by atoms with van der Waals surface area (Å²) in [5.41, 5.74) is 1.29. The molecule has 0 atom stereocenters. The first kappa shape index (κ1) is 12.9. The zero-order valence-electron chi connectivity index (χ0n) is 11.0. The van der Waals surface area contributed by atoms with Crippen LogP contribution in [-0.4, -0.2) is 34.8 Å². The van der Waals surface area contributed by atoms with E-state index in [2.05, 4.69) is 4.90 Å². The molecule has 2 heterocycles. The summed E-state index contributed by atoms with van der Waals surface area (Å²) in [6.07, 6.45) is 1.08. The summed E-state index contributed by atoms with van der Waals surface area (Å²) in [4.78, 5) is 24.7. The fourth-order valence-electron chi connectivity index (χ4n) is 2.61. The van der Waals surface area contributed by atoms with Crippen molar-refractivity contribution in [2.24, 2.45) is 0 Å². The minimum Gasteiger partial charge on any atom is -0.475 e. The molecule has 1 aliphatic rings. The van der Waals surface area contributed by atoms with Gasteiger partial charge in [-0.25, -0.2) is 4.79 Å². The Morgan fingerprint density at radius 1 is 1.25 bits per heavy atom. The smallest absolute Gasteiger partial charge is 0.372 e. The van der Waals surface area contributed by atoms with Gasteiger partial charge < -0.3 is 9.52 Å². The normalized spacial score (nSPS) is 16.7. The average Bonchev–Trinajstić information content (AvgIpc) is 2.81. The summed E-state index contributed by atoms with van der Waals surface area (Å²) in [7, 11) is 0. The van der Waals surface area contributed by atoms with Crippen LogP contribution in [0.5, 0.6) is 0 Å². The van der Waals surface area contributed by atoms with E-state index in [1.807, 2.05) is 18.2 Å². The van der Waals surface area contributed by atoms with Crippen molar-refractivity contribution in [2.75, 3.05) is 13.1 Å². The molecule has 0 radical (unpaired) electrons. The van der Waals surface area contributed by atoms with Gasteiger partial charge in [-0.05, 0) is 6.07 Å². The Kier molecular flexibility index (Phi) is 3.28. The zero-order chi connectivity index (χ0) is 14.1. The number of carboxylic acid groups (broad SMARTS) is 1. The maximum Gasteiger partial charge on any atom is 0.372 e. The first-order valence-electron chi connectivity index (χ1n) is 6.63. The summed E-state index contributed by atoms with van der Waals surface area (Å²) >= 11 is 0. The van der Waals surface area contributed by atoms with Gasteiger partial charge in [0, 0.05) is 43.4 Å². The van der Waals surface area contributed by atoms with Crippen LogP contribution in [0.3, 0.4) is 0 Å². The van der Waals surface area contributed by atoms with Gasteiger partial charge in [-0.1, -0.05) is 18.2 Å². The van der Waals surface area contributed by atoms with Crippen molar-refractivity contribution < 1.29 is 19.1 Å². The molecule has 0 bridgehead atoms. The van der Waals surface area contributed by atoms with Crippen LogP contribution >= 0.6 is 0 Å². The van der Waals surface area contributed by atoms with Crippen molar-refractivity contribution in [1.29, 1.82) is 0 Å². The van der Waals surface area contributed by atoms with E-state index in [-0.39, 0.29) is 11.5 Å². The Hall–Kier alpha value is -2.14. The number of Topliss-reactive ketones (excluding diaryl/α,β-unsaturated/α-hetero) is 1. The van der Waals surface area contributed by atoms with Crippen molar-refractivity contribution in [1.82, 2.24) is 4.90 Å². The lowest BCUT2D eigenvalue weighted by molar-refractivity contribution is -0.121. The standard InChI is InChI=1S/C15H15NO4/c17-10-5-7-16(8-6-10)9-12-11-3-1-2-4-13(11)20-14(12)15(18)19/h1-4H,5-9H2,(H,18,19). The predicted molar refractivity (Wildman–Crippen MR) is 72.7 cm³/mol. The Bertz CT molecular complexity index is 664. The van der Waals surface area contributed by atoms with Gasteiger partial charge in [-0.2, -0.15) is 0 Å². The molecule has 0 amide bonds. The molecule has 1 aromatic heterocycles. The monoisotopic (exact) mass is 273 g/mol. The molecule has 5 heteroatoms. The van der Waals surface area contributed by atoms with Crippen molar-refractivity contribution in [3.05, 3.63) is 35.6 Å². The Morgan fingerprint density at radius 2 is 1.95 bits per heavy atom. The molecule has 0 aliphatic carbocycles. The van der Waals surface area contributed by atoms with Gasteiger partial charge in [0.25, 0.3) is 0 Å². The first-order valence-corrected chi connectivity index (χ1v) is 6.63. The number of hydrogen-bond acceptors (Lipinski definition) is 4. The Balaban J connectivity index is 1.94. The minimum atomic E-state index is -1.05. The fourth-order valence-corrected chi connectivity index (χ4v) is 2.61. The van der Waals surface area contributed by atoms with E-state index < -0.39 is 5.97 Å². The number of para-hydroxylation sites is 1. The highest BCUT2D eigenvalue weighted by atomic mass is 16.4. The lowest BCUT2D eigenvalue weighted by atomic mass is 10.1. The number of likely N-dealkylation sites (tertiary alicyclic amines) is 1. The van der Waals surface area contributed by atoms with Gasteiger partial charge >= 0.3 is 5.97 Å². The van der Waals surface area contributed by atoms with Gasteiger partial charge in [0.15, 0.2) is 0 Å². The summed E-state index contributed by atoms with van der Waals surface area (Å²) in [5, 5.41) is 10.1. The molecule has 5 nitrogen and oxygen atoms in total. The lowest BCUT2D eigenvalue weighted by Gasteiger charge is -2.25. The second-order valence-electron chi connectivity index (χ2n) is 5.03. The van der Waals surface area contributed by atoms with Gasteiger partial charge in [0.1, 0.15) is 11.4 Å². The van der Waals surface area contributed by atoms with Gasteiger partial charge in [0.2, 0.25) is 5.76 Å². The zero-order valence-corrected chi connectivity index (χ0v) is 11.0. The molecule has 20 heavy (non-hydrogen) atoms. The van der Waals surface area contributed by atoms with E-state index in [4.69, 9.17) is 4.42 Å². The number of nitrogens with zero attached hydrogens (tertiary/aromatic N) is 1. The van der Waals surface area contributed by atoms with Crippen LogP contribution in [0.25, 0.3) is 11.0 Å². The number of carbonyl (C=O) groups excluding carboxylic acids is 1. The quantitative estimate of drug-likeness (QED) is 0.929. The molecule has 0 saturated carbocycles. The lowest BCUT2D eigenvalue weighted by Crippen LogP contribution is -2.33. The number of hydrogen-bond donors (Lipinski definition) is 1. The highest BCUT2D eigenvalue weighted by molar-refractivity contribution is 5.95. The van der Waals surface area contributed by atoms with E-state index in [1.54, 1.807) is 6.07 Å². The van der Waals surface area contributed by atoms with Crippen LogP contribution in [0.2, 0.25) is 0 Å². The number of benzene rings is 1. The summed E-state index contributed by atoms with van der Waals surface area (Å²) in [5.74, 6) is -0.774. The number of fused-ring (bicyclic) bond motifs is 1. The van der Waals surface area contributed by atoms with E-state index in [0.29, 0.717) is 43.6 Å².